The van der Waals surface area contributed by atoms with E-state index in [9.17, 15) is 17.6 Å². The van der Waals surface area contributed by atoms with Crippen molar-refractivity contribution in [2.45, 2.75) is 18.4 Å². The number of hydrogen-bond acceptors (Lipinski definition) is 5. The van der Waals surface area contributed by atoms with E-state index >= 15 is 0 Å². The summed E-state index contributed by atoms with van der Waals surface area (Å²) in [5.74, 6) is 1.23. The highest BCUT2D eigenvalue weighted by atomic mass is 19.3. The van der Waals surface area contributed by atoms with Crippen LogP contribution in [0.4, 0.5) is 23.2 Å². The zero-order valence-corrected chi connectivity index (χ0v) is 11.0. The molecule has 1 rings (SSSR count). The van der Waals surface area contributed by atoms with Crippen LogP contribution in [-0.2, 0) is 0 Å². The van der Waals surface area contributed by atoms with Crippen LogP contribution in [0, 0.1) is 5.41 Å². The molecule has 0 aliphatic heterocycles. The third-order valence-corrected chi connectivity index (χ3v) is 2.90. The van der Waals surface area contributed by atoms with E-state index in [-0.39, 0.29) is 6.54 Å². The van der Waals surface area contributed by atoms with Gasteiger partial charge in [-0.1, -0.05) is 6.07 Å². The van der Waals surface area contributed by atoms with Crippen LogP contribution < -0.4 is 22.3 Å². The average molecular weight is 307 g/mol. The molecule has 1 atom stereocenters. The smallest absolute Gasteiger partial charge is 0.319 e. The molecule has 0 fully saturated rings. The highest BCUT2D eigenvalue weighted by molar-refractivity contribution is 5.85. The van der Waals surface area contributed by atoms with Crippen LogP contribution in [0.2, 0.25) is 0 Å². The molecule has 0 radical (unpaired) electrons. The predicted octanol–water partition coefficient (Wildman–Crippen LogP) is 1.26. The number of anilines is 1. The second kappa shape index (κ2) is 7.34. The van der Waals surface area contributed by atoms with Crippen LogP contribution >= 0.6 is 0 Å². The molecular formula is C12H17F4N5. The van der Waals surface area contributed by atoms with Gasteiger partial charge in [0.05, 0.1) is 12.6 Å². The lowest BCUT2D eigenvalue weighted by Gasteiger charge is -2.21. The molecule has 0 aliphatic carbocycles. The standard InChI is InChI=1S/C12H17F4N5/c13-11(14)12(15,16)6-20-5-10(21-19)7-1-2-9(18)8(3-7)4-17/h1-4,10-11,17,20-21H,5-6,18-19H2. The minimum atomic E-state index is -4.10. The molecule has 0 aromatic heterocycles. The highest BCUT2D eigenvalue weighted by Crippen LogP contribution is 2.22. The summed E-state index contributed by atoms with van der Waals surface area (Å²) in [6.07, 6.45) is -2.68. The van der Waals surface area contributed by atoms with E-state index in [1.165, 1.54) is 0 Å². The third kappa shape index (κ3) is 4.66. The maximum atomic E-state index is 12.8. The van der Waals surface area contributed by atoms with Gasteiger partial charge in [-0.3, -0.25) is 11.3 Å². The molecule has 0 amide bonds. The summed E-state index contributed by atoms with van der Waals surface area (Å²) in [5, 5.41) is 9.44. The Labute approximate surface area is 119 Å². The van der Waals surface area contributed by atoms with Crippen molar-refractivity contribution in [2.75, 3.05) is 18.8 Å². The fraction of sp³-hybridized carbons (Fsp3) is 0.417. The number of nitrogens with one attached hydrogen (secondary N) is 3. The van der Waals surface area contributed by atoms with E-state index in [0.717, 1.165) is 6.21 Å². The van der Waals surface area contributed by atoms with Gasteiger partial charge in [0, 0.05) is 24.0 Å². The van der Waals surface area contributed by atoms with E-state index in [0.29, 0.717) is 16.8 Å². The number of hydrogen-bond donors (Lipinski definition) is 5. The first-order valence-corrected chi connectivity index (χ1v) is 6.04. The van der Waals surface area contributed by atoms with Crippen molar-refractivity contribution < 1.29 is 17.6 Å². The number of halogens is 4. The summed E-state index contributed by atoms with van der Waals surface area (Å²) in [6, 6.07) is 4.14. The number of benzene rings is 1. The first-order chi connectivity index (χ1) is 9.81. The minimum absolute atomic E-state index is 0.0832. The highest BCUT2D eigenvalue weighted by Gasteiger charge is 2.40. The van der Waals surface area contributed by atoms with E-state index in [1.54, 1.807) is 18.2 Å². The lowest BCUT2D eigenvalue weighted by molar-refractivity contribution is -0.125. The van der Waals surface area contributed by atoms with E-state index in [2.05, 4.69) is 10.7 Å². The van der Waals surface area contributed by atoms with Crippen molar-refractivity contribution in [3.05, 3.63) is 29.3 Å². The Morgan fingerprint density at radius 2 is 2.00 bits per heavy atom. The zero-order chi connectivity index (χ0) is 16.0. The molecule has 0 aliphatic rings. The van der Waals surface area contributed by atoms with Crippen molar-refractivity contribution in [1.82, 2.24) is 10.7 Å². The summed E-state index contributed by atoms with van der Waals surface area (Å²) in [6.45, 7) is -1.24. The van der Waals surface area contributed by atoms with Crippen molar-refractivity contribution in [3.63, 3.8) is 0 Å². The topological polar surface area (TPSA) is 100.0 Å². The van der Waals surface area contributed by atoms with Crippen LogP contribution in [0.3, 0.4) is 0 Å². The third-order valence-electron chi connectivity index (χ3n) is 2.90. The van der Waals surface area contributed by atoms with Gasteiger partial charge in [0.15, 0.2) is 0 Å². The molecule has 118 valence electrons. The van der Waals surface area contributed by atoms with Crippen LogP contribution in [0.1, 0.15) is 17.2 Å². The quantitative estimate of drug-likeness (QED) is 0.164. The van der Waals surface area contributed by atoms with Crippen molar-refractivity contribution in [2.24, 2.45) is 5.84 Å². The predicted molar refractivity (Wildman–Crippen MR) is 72.6 cm³/mol. The summed E-state index contributed by atoms with van der Waals surface area (Å²) >= 11 is 0. The van der Waals surface area contributed by atoms with Gasteiger partial charge < -0.3 is 16.5 Å². The van der Waals surface area contributed by atoms with Gasteiger partial charge in [-0.05, 0) is 17.7 Å². The summed E-state index contributed by atoms with van der Waals surface area (Å²) in [4.78, 5) is 0. The molecular weight excluding hydrogens is 290 g/mol. The van der Waals surface area contributed by atoms with Crippen molar-refractivity contribution in [3.8, 4) is 0 Å². The van der Waals surface area contributed by atoms with E-state index in [1.807, 2.05) is 0 Å². The van der Waals surface area contributed by atoms with Gasteiger partial charge in [-0.25, -0.2) is 8.78 Å². The Kier molecular flexibility index (Phi) is 6.06. The lowest BCUT2D eigenvalue weighted by Crippen LogP contribution is -2.43. The molecule has 1 aromatic rings. The molecule has 9 heteroatoms. The number of rotatable bonds is 8. The number of nitrogen functional groups attached to an aromatic ring is 1. The Balaban J connectivity index is 2.69. The lowest BCUT2D eigenvalue weighted by atomic mass is 10.0. The molecule has 0 saturated carbocycles. The Bertz CT molecular complexity index is 481. The van der Waals surface area contributed by atoms with Crippen LogP contribution in [0.15, 0.2) is 18.2 Å². The SMILES string of the molecule is N=Cc1cc(C(CNCC(F)(F)C(F)F)NN)ccc1N. The Hall–Kier alpha value is -1.71. The fourth-order valence-electron chi connectivity index (χ4n) is 1.67. The summed E-state index contributed by atoms with van der Waals surface area (Å²) in [5.41, 5.74) is 9.46. The van der Waals surface area contributed by atoms with Crippen molar-refractivity contribution >= 4 is 11.9 Å². The van der Waals surface area contributed by atoms with Crippen LogP contribution in [0.5, 0.6) is 0 Å². The molecule has 5 nitrogen and oxygen atoms in total. The van der Waals surface area contributed by atoms with E-state index in [4.69, 9.17) is 17.0 Å². The molecule has 0 saturated heterocycles. The van der Waals surface area contributed by atoms with Gasteiger partial charge in [-0.2, -0.15) is 8.78 Å². The molecule has 0 spiro atoms. The van der Waals surface area contributed by atoms with Gasteiger partial charge in [0.25, 0.3) is 0 Å². The van der Waals surface area contributed by atoms with Gasteiger partial charge >= 0.3 is 12.3 Å². The monoisotopic (exact) mass is 307 g/mol. The Morgan fingerprint density at radius 1 is 1.33 bits per heavy atom. The largest absolute Gasteiger partial charge is 0.398 e. The minimum Gasteiger partial charge on any atom is -0.398 e. The first kappa shape index (κ1) is 17.3. The fourth-order valence-corrected chi connectivity index (χ4v) is 1.67. The maximum absolute atomic E-state index is 12.8. The molecule has 0 bridgehead atoms. The number of nitrogens with two attached hydrogens (primary N) is 2. The second-order valence-corrected chi connectivity index (χ2v) is 4.44. The van der Waals surface area contributed by atoms with E-state index < -0.39 is 24.9 Å². The number of hydrazine groups is 1. The first-order valence-electron chi connectivity index (χ1n) is 6.04. The maximum Gasteiger partial charge on any atom is 0.319 e. The number of alkyl halides is 4. The molecule has 0 heterocycles. The summed E-state index contributed by atoms with van der Waals surface area (Å²) < 4.78 is 49.6. The van der Waals surface area contributed by atoms with Crippen LogP contribution in [-0.4, -0.2) is 31.7 Å². The normalized spacial score (nSPS) is 13.4. The molecule has 21 heavy (non-hydrogen) atoms. The molecule has 1 aromatic carbocycles. The zero-order valence-electron chi connectivity index (χ0n) is 11.0. The van der Waals surface area contributed by atoms with Gasteiger partial charge in [0.1, 0.15) is 0 Å². The summed E-state index contributed by atoms with van der Waals surface area (Å²) in [7, 11) is 0. The van der Waals surface area contributed by atoms with Crippen molar-refractivity contribution in [1.29, 1.82) is 5.41 Å². The molecule has 7 N–H and O–H groups in total. The van der Waals surface area contributed by atoms with Gasteiger partial charge in [0.2, 0.25) is 0 Å². The Morgan fingerprint density at radius 3 is 2.52 bits per heavy atom. The van der Waals surface area contributed by atoms with Gasteiger partial charge in [-0.15, -0.1) is 0 Å². The average Bonchev–Trinajstić information content (AvgIpc) is 2.44. The second-order valence-electron chi connectivity index (χ2n) is 4.44. The molecule has 1 unspecified atom stereocenters. The van der Waals surface area contributed by atoms with Crippen LogP contribution in [0.25, 0.3) is 0 Å².